The number of carbonyl (C=O) groups excluding carboxylic acids is 4. The summed E-state index contributed by atoms with van der Waals surface area (Å²) in [4.78, 5) is 45.7. The maximum Gasteiger partial charge on any atom is 0.305 e. The lowest BCUT2D eigenvalue weighted by molar-refractivity contribution is -0.216. The number of hydrogen-bond acceptors (Lipinski definition) is 12. The number of ether oxygens (including phenoxy) is 5. The van der Waals surface area contributed by atoms with Gasteiger partial charge in [0.05, 0.1) is 6.26 Å². The van der Waals surface area contributed by atoms with E-state index >= 15 is 0 Å². The van der Waals surface area contributed by atoms with Crippen LogP contribution in [0, 0.1) is 0 Å². The van der Waals surface area contributed by atoms with Gasteiger partial charge in [-0.2, -0.15) is 8.42 Å². The SMILES string of the molecule is CC(=O)OC[C@@]1(COS(C)(=O)=O)OC(OC(C)=O)[C@H](OC(C)=O)[C@@H]1OC(C)=O. The van der Waals surface area contributed by atoms with Gasteiger partial charge in [0.25, 0.3) is 10.1 Å². The summed E-state index contributed by atoms with van der Waals surface area (Å²) >= 11 is 0. The highest BCUT2D eigenvalue weighted by atomic mass is 32.2. The molecule has 1 fully saturated rings. The number of hydrogen-bond donors (Lipinski definition) is 0. The second-order valence-corrected chi connectivity index (χ2v) is 7.66. The third-order valence-corrected chi connectivity index (χ3v) is 3.90. The lowest BCUT2D eigenvalue weighted by atomic mass is 9.96. The molecule has 1 saturated heterocycles. The minimum absolute atomic E-state index is 0.647. The van der Waals surface area contributed by atoms with Crippen LogP contribution < -0.4 is 0 Å². The van der Waals surface area contributed by atoms with Gasteiger partial charge in [0.2, 0.25) is 12.4 Å². The van der Waals surface area contributed by atoms with E-state index < -0.39 is 71.3 Å². The summed E-state index contributed by atoms with van der Waals surface area (Å²) in [6.07, 6.45) is -3.80. The molecule has 13 heteroatoms. The molecule has 12 nitrogen and oxygen atoms in total. The Balaban J connectivity index is 3.40. The highest BCUT2D eigenvalue weighted by Crippen LogP contribution is 2.37. The zero-order chi connectivity index (χ0) is 21.7. The van der Waals surface area contributed by atoms with Gasteiger partial charge < -0.3 is 23.7 Å². The third kappa shape index (κ3) is 7.05. The Kier molecular flexibility index (Phi) is 7.90. The average molecular weight is 426 g/mol. The first-order valence-corrected chi connectivity index (χ1v) is 9.74. The Labute approximate surface area is 161 Å². The monoisotopic (exact) mass is 426 g/mol. The molecule has 0 aliphatic carbocycles. The molecule has 0 aromatic carbocycles. The Morgan fingerprint density at radius 3 is 1.82 bits per heavy atom. The second kappa shape index (κ2) is 9.30. The molecule has 1 heterocycles. The lowest BCUT2D eigenvalue weighted by Crippen LogP contribution is -2.53. The maximum absolute atomic E-state index is 11.6. The van der Waals surface area contributed by atoms with E-state index in [9.17, 15) is 27.6 Å². The first-order valence-electron chi connectivity index (χ1n) is 7.93. The van der Waals surface area contributed by atoms with Gasteiger partial charge in [-0.15, -0.1) is 0 Å². The summed E-state index contributed by atoms with van der Waals surface area (Å²) in [5, 5.41) is 0. The van der Waals surface area contributed by atoms with Crippen LogP contribution in [0.1, 0.15) is 27.7 Å². The summed E-state index contributed by atoms with van der Waals surface area (Å²) in [5.74, 6) is -3.25. The molecule has 0 bridgehead atoms. The summed E-state index contributed by atoms with van der Waals surface area (Å²) in [6, 6.07) is 0. The normalized spacial score (nSPS) is 27.0. The van der Waals surface area contributed by atoms with Crippen molar-refractivity contribution in [3.63, 3.8) is 0 Å². The van der Waals surface area contributed by atoms with Crippen molar-refractivity contribution in [2.24, 2.45) is 0 Å². The van der Waals surface area contributed by atoms with Gasteiger partial charge >= 0.3 is 23.9 Å². The Bertz CT molecular complexity index is 729. The van der Waals surface area contributed by atoms with Crippen molar-refractivity contribution in [1.82, 2.24) is 0 Å². The van der Waals surface area contributed by atoms with E-state index in [1.165, 1.54) is 0 Å². The second-order valence-electron chi connectivity index (χ2n) is 6.01. The van der Waals surface area contributed by atoms with Crippen molar-refractivity contribution >= 4 is 34.0 Å². The van der Waals surface area contributed by atoms with Crippen LogP contribution in [-0.2, 0) is 57.2 Å². The molecule has 0 aromatic rings. The molecule has 1 unspecified atom stereocenters. The van der Waals surface area contributed by atoms with E-state index in [4.69, 9.17) is 27.9 Å². The largest absolute Gasteiger partial charge is 0.463 e. The Hall–Kier alpha value is -2.25. The van der Waals surface area contributed by atoms with Gasteiger partial charge in [-0.05, 0) is 0 Å². The average Bonchev–Trinajstić information content (AvgIpc) is 2.75. The maximum atomic E-state index is 11.6. The van der Waals surface area contributed by atoms with E-state index in [1.807, 2.05) is 0 Å². The van der Waals surface area contributed by atoms with Crippen molar-refractivity contribution in [2.75, 3.05) is 19.5 Å². The number of esters is 4. The molecular formula is C15H22O12S. The molecule has 0 aromatic heterocycles. The minimum atomic E-state index is -4.00. The predicted molar refractivity (Wildman–Crippen MR) is 87.9 cm³/mol. The Morgan fingerprint density at radius 2 is 1.39 bits per heavy atom. The molecule has 0 N–H and O–H groups in total. The molecule has 0 saturated carbocycles. The van der Waals surface area contributed by atoms with Crippen molar-refractivity contribution in [1.29, 1.82) is 0 Å². The van der Waals surface area contributed by atoms with Crippen LogP contribution in [0.5, 0.6) is 0 Å². The lowest BCUT2D eigenvalue weighted by Gasteiger charge is -2.32. The van der Waals surface area contributed by atoms with Crippen LogP contribution in [0.4, 0.5) is 0 Å². The van der Waals surface area contributed by atoms with Gasteiger partial charge in [-0.3, -0.25) is 23.4 Å². The van der Waals surface area contributed by atoms with E-state index in [-0.39, 0.29) is 0 Å². The first-order chi connectivity index (χ1) is 12.8. The van der Waals surface area contributed by atoms with Crippen LogP contribution in [0.15, 0.2) is 0 Å². The fourth-order valence-electron chi connectivity index (χ4n) is 2.43. The van der Waals surface area contributed by atoms with Gasteiger partial charge in [0, 0.05) is 27.7 Å². The molecular weight excluding hydrogens is 404 g/mol. The number of carbonyl (C=O) groups is 4. The molecule has 1 aliphatic rings. The smallest absolute Gasteiger partial charge is 0.305 e. The van der Waals surface area contributed by atoms with Crippen LogP contribution >= 0.6 is 0 Å². The molecule has 0 amide bonds. The zero-order valence-corrected chi connectivity index (χ0v) is 16.8. The van der Waals surface area contributed by atoms with Crippen LogP contribution in [0.2, 0.25) is 0 Å². The molecule has 0 radical (unpaired) electrons. The summed E-state index contributed by atoms with van der Waals surface area (Å²) in [5.41, 5.74) is -1.94. The fraction of sp³-hybridized carbons (Fsp3) is 0.733. The van der Waals surface area contributed by atoms with Gasteiger partial charge in [0.15, 0.2) is 11.7 Å². The molecule has 1 aliphatic heterocycles. The highest BCUT2D eigenvalue weighted by molar-refractivity contribution is 7.85. The van der Waals surface area contributed by atoms with Crippen LogP contribution in [-0.4, -0.2) is 75.9 Å². The highest BCUT2D eigenvalue weighted by Gasteiger charge is 2.62. The minimum Gasteiger partial charge on any atom is -0.463 e. The first kappa shape index (κ1) is 23.8. The van der Waals surface area contributed by atoms with E-state index in [0.29, 0.717) is 0 Å². The topological polar surface area (TPSA) is 158 Å². The zero-order valence-electron chi connectivity index (χ0n) is 16.0. The molecule has 4 atom stereocenters. The fourth-order valence-corrected chi connectivity index (χ4v) is 2.84. The standard InChI is InChI=1S/C15H22O12S/c1-8(16)22-6-15(7-23-28(5,20)21)13(25-10(3)18)12(24-9(2)17)14(27-15)26-11(4)19/h12-14H,6-7H2,1-5H3/t12-,13+,14?,15+/m1/s1. The van der Waals surface area contributed by atoms with Crippen LogP contribution in [0.3, 0.4) is 0 Å². The molecule has 28 heavy (non-hydrogen) atoms. The van der Waals surface area contributed by atoms with Crippen molar-refractivity contribution in [2.45, 2.75) is 51.8 Å². The Morgan fingerprint density at radius 1 is 0.857 bits per heavy atom. The van der Waals surface area contributed by atoms with Gasteiger partial charge in [-0.1, -0.05) is 0 Å². The molecule has 1 rings (SSSR count). The van der Waals surface area contributed by atoms with Crippen LogP contribution in [0.25, 0.3) is 0 Å². The van der Waals surface area contributed by atoms with E-state index in [0.717, 1.165) is 34.0 Å². The third-order valence-electron chi connectivity index (χ3n) is 3.35. The predicted octanol–water partition coefficient (Wildman–Crippen LogP) is -0.953. The molecule has 0 spiro atoms. The molecule has 160 valence electrons. The van der Waals surface area contributed by atoms with Crippen molar-refractivity contribution < 1.29 is 55.5 Å². The van der Waals surface area contributed by atoms with E-state index in [2.05, 4.69) is 0 Å². The van der Waals surface area contributed by atoms with Gasteiger partial charge in [0.1, 0.15) is 13.2 Å². The number of rotatable bonds is 8. The quantitative estimate of drug-likeness (QED) is 0.266. The van der Waals surface area contributed by atoms with Crippen molar-refractivity contribution in [3.05, 3.63) is 0 Å². The summed E-state index contributed by atoms with van der Waals surface area (Å²) < 4.78 is 53.3. The summed E-state index contributed by atoms with van der Waals surface area (Å²) in [7, 11) is -4.00. The summed E-state index contributed by atoms with van der Waals surface area (Å²) in [6.45, 7) is 2.78. The van der Waals surface area contributed by atoms with E-state index in [1.54, 1.807) is 0 Å². The van der Waals surface area contributed by atoms with Crippen molar-refractivity contribution in [3.8, 4) is 0 Å². The van der Waals surface area contributed by atoms with Gasteiger partial charge in [-0.25, -0.2) is 0 Å².